The molecule has 0 bridgehead atoms. The molecule has 0 aliphatic carbocycles. The number of hydrogen-bond acceptors (Lipinski definition) is 6. The molecular weight excluding hydrogens is 332 g/mol. The summed E-state index contributed by atoms with van der Waals surface area (Å²) < 4.78 is 0.964. The van der Waals surface area contributed by atoms with E-state index in [9.17, 15) is 0 Å². The standard InChI is InChI=1S/C11H13BrN4S2/c12-8-1-2-10(14-5-8)16-11-15-9(7-18-11)6-17-4-3-13/h1-2,5,7H,3-4,6,13H2,(H,14,15,16). The van der Waals surface area contributed by atoms with Crippen LogP contribution in [0.3, 0.4) is 0 Å². The summed E-state index contributed by atoms with van der Waals surface area (Å²) in [4.78, 5) is 8.74. The lowest BCUT2D eigenvalue weighted by atomic mass is 10.5. The maximum absolute atomic E-state index is 5.45. The summed E-state index contributed by atoms with van der Waals surface area (Å²) in [5.74, 6) is 2.67. The van der Waals surface area contributed by atoms with Crippen molar-refractivity contribution in [2.24, 2.45) is 5.73 Å². The molecule has 0 radical (unpaired) electrons. The van der Waals surface area contributed by atoms with E-state index in [0.717, 1.165) is 32.6 Å². The second kappa shape index (κ2) is 7.08. The molecule has 3 N–H and O–H groups in total. The van der Waals surface area contributed by atoms with E-state index < -0.39 is 0 Å². The molecule has 2 aromatic heterocycles. The highest BCUT2D eigenvalue weighted by molar-refractivity contribution is 9.10. The number of aromatic nitrogens is 2. The minimum Gasteiger partial charge on any atom is -0.330 e. The van der Waals surface area contributed by atoms with Crippen molar-refractivity contribution in [3.05, 3.63) is 33.9 Å². The largest absolute Gasteiger partial charge is 0.330 e. The third-order valence-electron chi connectivity index (χ3n) is 2.03. The van der Waals surface area contributed by atoms with Crippen LogP contribution in [0, 0.1) is 0 Å². The van der Waals surface area contributed by atoms with E-state index in [-0.39, 0.29) is 0 Å². The van der Waals surface area contributed by atoms with E-state index in [1.807, 2.05) is 12.1 Å². The third-order valence-corrected chi connectivity index (χ3v) is 4.33. The maximum atomic E-state index is 5.45. The first-order valence-electron chi connectivity index (χ1n) is 5.39. The monoisotopic (exact) mass is 344 g/mol. The lowest BCUT2D eigenvalue weighted by molar-refractivity contribution is 1.14. The van der Waals surface area contributed by atoms with Crippen molar-refractivity contribution in [1.29, 1.82) is 0 Å². The Bertz CT molecular complexity index is 486. The van der Waals surface area contributed by atoms with Crippen LogP contribution in [-0.4, -0.2) is 22.3 Å². The fourth-order valence-corrected chi connectivity index (χ4v) is 2.98. The Morgan fingerprint density at radius 3 is 3.06 bits per heavy atom. The van der Waals surface area contributed by atoms with Crippen molar-refractivity contribution in [3.63, 3.8) is 0 Å². The summed E-state index contributed by atoms with van der Waals surface area (Å²) in [6, 6.07) is 3.86. The van der Waals surface area contributed by atoms with E-state index in [1.54, 1.807) is 29.3 Å². The third kappa shape index (κ3) is 4.24. The number of hydrogen-bond donors (Lipinski definition) is 2. The first-order chi connectivity index (χ1) is 8.78. The van der Waals surface area contributed by atoms with Crippen LogP contribution in [-0.2, 0) is 5.75 Å². The number of rotatable bonds is 6. The number of pyridine rings is 1. The van der Waals surface area contributed by atoms with Gasteiger partial charge < -0.3 is 11.1 Å². The van der Waals surface area contributed by atoms with Crippen LogP contribution in [0.1, 0.15) is 5.69 Å². The summed E-state index contributed by atoms with van der Waals surface area (Å²) in [5.41, 5.74) is 6.53. The Kier molecular flexibility index (Phi) is 5.43. The van der Waals surface area contributed by atoms with Crippen molar-refractivity contribution in [1.82, 2.24) is 9.97 Å². The second-order valence-corrected chi connectivity index (χ2v) is 6.35. The van der Waals surface area contributed by atoms with Gasteiger partial charge in [0.1, 0.15) is 5.82 Å². The molecule has 0 saturated heterocycles. The van der Waals surface area contributed by atoms with Gasteiger partial charge in [-0.05, 0) is 28.1 Å². The molecule has 0 aliphatic heterocycles. The molecule has 18 heavy (non-hydrogen) atoms. The number of halogens is 1. The predicted molar refractivity (Wildman–Crippen MR) is 82.6 cm³/mol. The molecule has 0 fully saturated rings. The second-order valence-electron chi connectivity index (χ2n) is 3.47. The van der Waals surface area contributed by atoms with Gasteiger partial charge >= 0.3 is 0 Å². The number of nitrogens with one attached hydrogen (secondary N) is 1. The first kappa shape index (κ1) is 13.8. The lowest BCUT2D eigenvalue weighted by Gasteiger charge is -2.00. The summed E-state index contributed by atoms with van der Waals surface area (Å²) in [5, 5.41) is 6.11. The van der Waals surface area contributed by atoms with Gasteiger partial charge in [0.05, 0.1) is 5.69 Å². The highest BCUT2D eigenvalue weighted by Crippen LogP contribution is 2.22. The SMILES string of the molecule is NCCSCc1csc(Nc2ccc(Br)cn2)n1. The topological polar surface area (TPSA) is 63.8 Å². The molecule has 0 amide bonds. The van der Waals surface area contributed by atoms with Crippen LogP contribution in [0.25, 0.3) is 0 Å². The highest BCUT2D eigenvalue weighted by Gasteiger charge is 2.03. The molecule has 4 nitrogen and oxygen atoms in total. The fraction of sp³-hybridized carbons (Fsp3) is 0.273. The molecule has 2 aromatic rings. The average molecular weight is 345 g/mol. The predicted octanol–water partition coefficient (Wildman–Crippen LogP) is 3.24. The Morgan fingerprint density at radius 1 is 1.44 bits per heavy atom. The zero-order valence-electron chi connectivity index (χ0n) is 9.60. The van der Waals surface area contributed by atoms with Crippen LogP contribution >= 0.6 is 39.0 Å². The fourth-order valence-electron chi connectivity index (χ4n) is 1.25. The molecule has 0 aliphatic rings. The summed E-state index contributed by atoms with van der Waals surface area (Å²) in [7, 11) is 0. The normalized spacial score (nSPS) is 10.6. The summed E-state index contributed by atoms with van der Waals surface area (Å²) in [6.45, 7) is 0.711. The molecule has 2 rings (SSSR count). The Hall–Kier alpha value is -0.630. The highest BCUT2D eigenvalue weighted by atomic mass is 79.9. The Labute approximate surface area is 123 Å². The number of anilines is 2. The number of thiazole rings is 1. The molecule has 2 heterocycles. The molecule has 0 unspecified atom stereocenters. The molecule has 7 heteroatoms. The minimum absolute atomic E-state index is 0.711. The molecule has 96 valence electrons. The molecule has 0 saturated carbocycles. The average Bonchev–Trinajstić information content (AvgIpc) is 2.80. The van der Waals surface area contributed by atoms with Crippen molar-refractivity contribution >= 4 is 50.0 Å². The summed E-state index contributed by atoms with van der Waals surface area (Å²) >= 11 is 6.74. The van der Waals surface area contributed by atoms with Gasteiger partial charge in [-0.15, -0.1) is 11.3 Å². The molecule has 0 aromatic carbocycles. The van der Waals surface area contributed by atoms with Crippen molar-refractivity contribution in [2.45, 2.75) is 5.75 Å². The first-order valence-corrected chi connectivity index (χ1v) is 8.21. The number of thioether (sulfide) groups is 1. The van der Waals surface area contributed by atoms with Crippen molar-refractivity contribution in [2.75, 3.05) is 17.6 Å². The Morgan fingerprint density at radius 2 is 2.33 bits per heavy atom. The van der Waals surface area contributed by atoms with Gasteiger partial charge in [0, 0.05) is 34.1 Å². The molecule has 0 atom stereocenters. The summed E-state index contributed by atoms with van der Waals surface area (Å²) in [6.07, 6.45) is 1.76. The maximum Gasteiger partial charge on any atom is 0.188 e. The minimum atomic E-state index is 0.711. The van der Waals surface area contributed by atoms with Crippen LogP contribution in [0.5, 0.6) is 0 Å². The van der Waals surface area contributed by atoms with E-state index in [2.05, 4.69) is 36.6 Å². The smallest absolute Gasteiger partial charge is 0.188 e. The van der Waals surface area contributed by atoms with E-state index >= 15 is 0 Å². The number of nitrogens with zero attached hydrogens (tertiary/aromatic N) is 2. The van der Waals surface area contributed by atoms with Gasteiger partial charge in [-0.25, -0.2) is 9.97 Å². The van der Waals surface area contributed by atoms with Gasteiger partial charge in [-0.2, -0.15) is 11.8 Å². The van der Waals surface area contributed by atoms with Crippen LogP contribution < -0.4 is 11.1 Å². The van der Waals surface area contributed by atoms with Crippen LogP contribution in [0.2, 0.25) is 0 Å². The number of nitrogens with two attached hydrogens (primary N) is 1. The van der Waals surface area contributed by atoms with E-state index in [0.29, 0.717) is 6.54 Å². The zero-order valence-corrected chi connectivity index (χ0v) is 12.8. The lowest BCUT2D eigenvalue weighted by Crippen LogP contribution is -2.01. The van der Waals surface area contributed by atoms with Crippen LogP contribution in [0.15, 0.2) is 28.2 Å². The van der Waals surface area contributed by atoms with Gasteiger partial charge in [0.25, 0.3) is 0 Å². The van der Waals surface area contributed by atoms with Gasteiger partial charge in [0.15, 0.2) is 5.13 Å². The van der Waals surface area contributed by atoms with Gasteiger partial charge in [0.2, 0.25) is 0 Å². The molecule has 0 spiro atoms. The quantitative estimate of drug-likeness (QED) is 0.787. The van der Waals surface area contributed by atoms with E-state index in [4.69, 9.17) is 5.73 Å². The van der Waals surface area contributed by atoms with Crippen molar-refractivity contribution in [3.8, 4) is 0 Å². The van der Waals surface area contributed by atoms with Crippen molar-refractivity contribution < 1.29 is 0 Å². The zero-order chi connectivity index (χ0) is 12.8. The Balaban J connectivity index is 1.91. The van der Waals surface area contributed by atoms with E-state index in [1.165, 1.54) is 0 Å². The van der Waals surface area contributed by atoms with Gasteiger partial charge in [-0.3, -0.25) is 0 Å². The van der Waals surface area contributed by atoms with Crippen LogP contribution in [0.4, 0.5) is 10.9 Å². The molecular formula is C11H13BrN4S2. The van der Waals surface area contributed by atoms with Gasteiger partial charge in [-0.1, -0.05) is 0 Å².